The highest BCUT2D eigenvalue weighted by Crippen LogP contribution is 2.10. The Balaban J connectivity index is 3.24. The van der Waals surface area contributed by atoms with Crippen LogP contribution < -0.4 is 0 Å². The summed E-state index contributed by atoms with van der Waals surface area (Å²) in [6.45, 7) is 2.57. The first-order valence-corrected chi connectivity index (χ1v) is 12.3. The Kier molecular flexibility index (Phi) is 17.9. The number of hydrogen-bond donors (Lipinski definition) is 1. The molecular weight excluding hydrogens is 364 g/mol. The average Bonchev–Trinajstić information content (AvgIpc) is 2.62. The standard InChI is InChI=1S/C21H40O5S/c1-2-3-4-5-6-7-8-9-10-11-12-13-14-15-16-17-19-26-21(22)18-20-27(23,24)25/h9-10H,2-8,11-20H2,1H3,(H,23,24,25)/b10-9-. The summed E-state index contributed by atoms with van der Waals surface area (Å²) in [5.74, 6) is -1.14. The molecule has 0 aliphatic rings. The highest BCUT2D eigenvalue weighted by Gasteiger charge is 2.10. The summed E-state index contributed by atoms with van der Waals surface area (Å²) in [6, 6.07) is 0. The van der Waals surface area contributed by atoms with Crippen molar-refractivity contribution in [1.82, 2.24) is 0 Å². The molecule has 0 aromatic rings. The molecule has 0 bridgehead atoms. The number of hydrogen-bond acceptors (Lipinski definition) is 4. The predicted molar refractivity (Wildman–Crippen MR) is 111 cm³/mol. The van der Waals surface area contributed by atoms with Crippen molar-refractivity contribution in [3.05, 3.63) is 12.2 Å². The monoisotopic (exact) mass is 404 g/mol. The van der Waals surface area contributed by atoms with Gasteiger partial charge in [-0.25, -0.2) is 0 Å². The van der Waals surface area contributed by atoms with Crippen LogP contribution in [0.15, 0.2) is 12.2 Å². The number of ether oxygens (including phenoxy) is 1. The van der Waals surface area contributed by atoms with Crippen molar-refractivity contribution in [2.24, 2.45) is 0 Å². The Morgan fingerprint density at radius 2 is 1.30 bits per heavy atom. The first kappa shape index (κ1) is 26.1. The molecule has 6 heteroatoms. The van der Waals surface area contributed by atoms with E-state index in [1.165, 1.54) is 70.6 Å². The lowest BCUT2D eigenvalue weighted by atomic mass is 10.1. The van der Waals surface area contributed by atoms with Crippen LogP contribution in [0.25, 0.3) is 0 Å². The Labute approximate surface area is 166 Å². The number of esters is 1. The molecule has 0 heterocycles. The summed E-state index contributed by atoms with van der Waals surface area (Å²) in [5.41, 5.74) is 0. The topological polar surface area (TPSA) is 80.7 Å². The molecule has 0 aliphatic heterocycles. The SMILES string of the molecule is CCCCCCCC/C=C\CCCCCCCCOC(=O)CCS(=O)(=O)O. The minimum absolute atomic E-state index is 0.286. The third-order valence-electron chi connectivity index (χ3n) is 4.48. The van der Waals surface area contributed by atoms with Gasteiger partial charge in [0.05, 0.1) is 18.8 Å². The van der Waals surface area contributed by atoms with Gasteiger partial charge >= 0.3 is 5.97 Å². The van der Waals surface area contributed by atoms with Gasteiger partial charge in [0.15, 0.2) is 0 Å². The van der Waals surface area contributed by atoms with Crippen LogP contribution in [0.5, 0.6) is 0 Å². The van der Waals surface area contributed by atoms with E-state index in [-0.39, 0.29) is 6.42 Å². The molecule has 0 aromatic heterocycles. The van der Waals surface area contributed by atoms with E-state index in [2.05, 4.69) is 19.1 Å². The molecule has 0 saturated heterocycles. The quantitative estimate of drug-likeness (QED) is 0.126. The maximum Gasteiger partial charge on any atom is 0.306 e. The molecule has 0 saturated carbocycles. The van der Waals surface area contributed by atoms with Crippen molar-refractivity contribution >= 4 is 16.1 Å². The van der Waals surface area contributed by atoms with E-state index in [0.717, 1.165) is 19.3 Å². The van der Waals surface area contributed by atoms with Crippen LogP contribution in [0.4, 0.5) is 0 Å². The Bertz CT molecular complexity index is 471. The van der Waals surface area contributed by atoms with Crippen molar-refractivity contribution in [1.29, 1.82) is 0 Å². The fraction of sp³-hybridized carbons (Fsp3) is 0.857. The van der Waals surface area contributed by atoms with Gasteiger partial charge in [0.2, 0.25) is 0 Å². The molecule has 0 spiro atoms. The number of rotatable bonds is 19. The maximum atomic E-state index is 11.2. The molecular formula is C21H40O5S. The largest absolute Gasteiger partial charge is 0.466 e. The van der Waals surface area contributed by atoms with Gasteiger partial charge in [0, 0.05) is 0 Å². The van der Waals surface area contributed by atoms with E-state index in [4.69, 9.17) is 9.29 Å². The fourth-order valence-corrected chi connectivity index (χ4v) is 3.24. The number of allylic oxidation sites excluding steroid dienone is 2. The van der Waals surface area contributed by atoms with Gasteiger partial charge in [-0.2, -0.15) is 8.42 Å². The molecule has 0 atom stereocenters. The molecule has 1 N–H and O–H groups in total. The first-order chi connectivity index (χ1) is 13.0. The van der Waals surface area contributed by atoms with Crippen LogP contribution in [0.2, 0.25) is 0 Å². The van der Waals surface area contributed by atoms with Crippen molar-refractivity contribution in [2.75, 3.05) is 12.4 Å². The van der Waals surface area contributed by atoms with Crippen molar-refractivity contribution in [2.45, 2.75) is 103 Å². The predicted octanol–water partition coefficient (Wildman–Crippen LogP) is 5.85. The van der Waals surface area contributed by atoms with E-state index in [9.17, 15) is 13.2 Å². The van der Waals surface area contributed by atoms with E-state index >= 15 is 0 Å². The van der Waals surface area contributed by atoms with Gasteiger partial charge in [-0.15, -0.1) is 0 Å². The molecule has 5 nitrogen and oxygen atoms in total. The van der Waals surface area contributed by atoms with Crippen molar-refractivity contribution in [3.8, 4) is 0 Å². The third-order valence-corrected chi connectivity index (χ3v) is 5.20. The lowest BCUT2D eigenvalue weighted by Crippen LogP contribution is -2.12. The summed E-state index contributed by atoms with van der Waals surface area (Å²) in [5, 5.41) is 0. The molecule has 0 aromatic carbocycles. The van der Waals surface area contributed by atoms with Gasteiger partial charge < -0.3 is 4.74 Å². The van der Waals surface area contributed by atoms with E-state index in [1.54, 1.807) is 0 Å². The van der Waals surface area contributed by atoms with Gasteiger partial charge in [0.1, 0.15) is 0 Å². The van der Waals surface area contributed by atoms with Crippen LogP contribution in [-0.4, -0.2) is 31.3 Å². The molecule has 0 radical (unpaired) electrons. The lowest BCUT2D eigenvalue weighted by Gasteiger charge is -2.04. The zero-order chi connectivity index (χ0) is 20.2. The highest BCUT2D eigenvalue weighted by molar-refractivity contribution is 7.85. The second-order valence-corrected chi connectivity index (χ2v) is 8.77. The van der Waals surface area contributed by atoms with Gasteiger partial charge in [-0.05, 0) is 32.1 Å². The fourth-order valence-electron chi connectivity index (χ4n) is 2.82. The van der Waals surface area contributed by atoms with E-state index in [1.807, 2.05) is 0 Å². The Morgan fingerprint density at radius 1 is 0.815 bits per heavy atom. The number of carbonyl (C=O) groups excluding carboxylic acids is 1. The van der Waals surface area contributed by atoms with Crippen molar-refractivity contribution in [3.63, 3.8) is 0 Å². The minimum atomic E-state index is -4.09. The zero-order valence-corrected chi connectivity index (χ0v) is 18.0. The smallest absolute Gasteiger partial charge is 0.306 e. The zero-order valence-electron chi connectivity index (χ0n) is 17.2. The Morgan fingerprint density at radius 3 is 1.81 bits per heavy atom. The molecule has 160 valence electrons. The van der Waals surface area contributed by atoms with Crippen molar-refractivity contribution < 1.29 is 22.5 Å². The third kappa shape index (κ3) is 23.1. The second-order valence-electron chi connectivity index (χ2n) is 7.19. The summed E-state index contributed by atoms with van der Waals surface area (Å²) in [6.07, 6.45) is 21.5. The molecule has 0 fully saturated rings. The summed E-state index contributed by atoms with van der Waals surface area (Å²) in [4.78, 5) is 11.2. The summed E-state index contributed by atoms with van der Waals surface area (Å²) in [7, 11) is -4.09. The van der Waals surface area contributed by atoms with Gasteiger partial charge in [-0.3, -0.25) is 9.35 Å². The van der Waals surface area contributed by atoms with Crippen LogP contribution in [0.1, 0.15) is 103 Å². The molecule has 0 unspecified atom stereocenters. The Hall–Kier alpha value is -0.880. The average molecular weight is 405 g/mol. The number of carbonyl (C=O) groups is 1. The first-order valence-electron chi connectivity index (χ1n) is 10.7. The van der Waals surface area contributed by atoms with E-state index < -0.39 is 21.8 Å². The summed E-state index contributed by atoms with van der Waals surface area (Å²) < 4.78 is 34.5. The maximum absolute atomic E-state index is 11.2. The minimum Gasteiger partial charge on any atom is -0.466 e. The molecule has 27 heavy (non-hydrogen) atoms. The van der Waals surface area contributed by atoms with Crippen LogP contribution in [0.3, 0.4) is 0 Å². The van der Waals surface area contributed by atoms with Crippen LogP contribution in [0, 0.1) is 0 Å². The summed E-state index contributed by atoms with van der Waals surface area (Å²) >= 11 is 0. The van der Waals surface area contributed by atoms with Crippen LogP contribution in [-0.2, 0) is 19.6 Å². The molecule has 0 amide bonds. The lowest BCUT2D eigenvalue weighted by molar-refractivity contribution is -0.143. The second kappa shape index (κ2) is 18.5. The highest BCUT2D eigenvalue weighted by atomic mass is 32.2. The normalized spacial score (nSPS) is 11.9. The van der Waals surface area contributed by atoms with E-state index in [0.29, 0.717) is 6.61 Å². The number of unbranched alkanes of at least 4 members (excludes halogenated alkanes) is 12. The van der Waals surface area contributed by atoms with Gasteiger partial charge in [0.25, 0.3) is 10.1 Å². The van der Waals surface area contributed by atoms with Gasteiger partial charge in [-0.1, -0.05) is 76.9 Å². The molecule has 0 rings (SSSR count). The molecule has 0 aliphatic carbocycles. The van der Waals surface area contributed by atoms with Crippen LogP contribution >= 0.6 is 0 Å².